The van der Waals surface area contributed by atoms with E-state index in [2.05, 4.69) is 0 Å². The van der Waals surface area contributed by atoms with Crippen molar-refractivity contribution in [2.24, 2.45) is 0 Å². The fraction of sp³-hybridized carbons (Fsp3) is 0.263. The minimum Gasteiger partial charge on any atom is -0.497 e. The monoisotopic (exact) mass is 341 g/mol. The van der Waals surface area contributed by atoms with E-state index in [1.807, 2.05) is 24.3 Å². The second-order valence-corrected chi connectivity index (χ2v) is 5.84. The molecule has 0 radical (unpaired) electrons. The van der Waals surface area contributed by atoms with Gasteiger partial charge in [-0.2, -0.15) is 0 Å². The highest BCUT2D eigenvalue weighted by atomic mass is 16.5. The average Bonchev–Trinajstić information content (AvgIpc) is 3.10. The average molecular weight is 341 g/mol. The standard InChI is InChI=1S/C19H19NO5/c1-24-15-6-8-16(9-7-15)25-17-10-11-20(12-17)18(21)13-2-4-14(5-3-13)19(22)23/h2-9,17H,10-12H2,1H3,(H,22,23). The number of ether oxygens (including phenoxy) is 2. The van der Waals surface area contributed by atoms with Crippen molar-refractivity contribution in [2.45, 2.75) is 12.5 Å². The summed E-state index contributed by atoms with van der Waals surface area (Å²) < 4.78 is 11.0. The quantitative estimate of drug-likeness (QED) is 0.905. The Morgan fingerprint density at radius 2 is 1.60 bits per heavy atom. The lowest BCUT2D eigenvalue weighted by atomic mass is 10.1. The predicted octanol–water partition coefficient (Wildman–Crippen LogP) is 2.69. The predicted molar refractivity (Wildman–Crippen MR) is 91.3 cm³/mol. The molecule has 2 aromatic carbocycles. The SMILES string of the molecule is COc1ccc(OC2CCN(C(=O)c3ccc(C(=O)O)cc3)C2)cc1. The maximum atomic E-state index is 12.5. The van der Waals surface area contributed by atoms with E-state index in [4.69, 9.17) is 14.6 Å². The zero-order valence-corrected chi connectivity index (χ0v) is 13.8. The number of carbonyl (C=O) groups excluding carboxylic acids is 1. The van der Waals surface area contributed by atoms with Crippen LogP contribution in [0.1, 0.15) is 27.1 Å². The number of carbonyl (C=O) groups is 2. The van der Waals surface area contributed by atoms with Crippen molar-refractivity contribution < 1.29 is 24.2 Å². The Morgan fingerprint density at radius 3 is 2.20 bits per heavy atom. The molecule has 0 aromatic heterocycles. The van der Waals surface area contributed by atoms with E-state index in [1.54, 1.807) is 24.1 Å². The van der Waals surface area contributed by atoms with Crippen LogP contribution in [0.3, 0.4) is 0 Å². The van der Waals surface area contributed by atoms with Crippen LogP contribution in [0.4, 0.5) is 0 Å². The first-order chi connectivity index (χ1) is 12.1. The zero-order valence-electron chi connectivity index (χ0n) is 13.8. The molecule has 1 N–H and O–H groups in total. The molecule has 0 aliphatic carbocycles. The highest BCUT2D eigenvalue weighted by molar-refractivity contribution is 5.96. The van der Waals surface area contributed by atoms with Gasteiger partial charge in [-0.1, -0.05) is 0 Å². The first kappa shape index (κ1) is 16.8. The number of aromatic carboxylic acids is 1. The third kappa shape index (κ3) is 3.91. The Bertz CT molecular complexity index is 754. The number of rotatable bonds is 5. The Morgan fingerprint density at radius 1 is 1.00 bits per heavy atom. The molecule has 0 saturated carbocycles. The highest BCUT2D eigenvalue weighted by Gasteiger charge is 2.28. The van der Waals surface area contributed by atoms with E-state index >= 15 is 0 Å². The molecule has 130 valence electrons. The van der Waals surface area contributed by atoms with E-state index in [0.717, 1.165) is 17.9 Å². The van der Waals surface area contributed by atoms with E-state index in [-0.39, 0.29) is 17.6 Å². The van der Waals surface area contributed by atoms with Gasteiger partial charge in [0.15, 0.2) is 0 Å². The van der Waals surface area contributed by atoms with E-state index in [9.17, 15) is 9.59 Å². The lowest BCUT2D eigenvalue weighted by Gasteiger charge is -2.17. The number of amides is 1. The molecule has 0 bridgehead atoms. The van der Waals surface area contributed by atoms with Crippen molar-refractivity contribution in [3.63, 3.8) is 0 Å². The van der Waals surface area contributed by atoms with Crippen molar-refractivity contribution in [3.8, 4) is 11.5 Å². The van der Waals surface area contributed by atoms with Gasteiger partial charge in [0.05, 0.1) is 19.2 Å². The van der Waals surface area contributed by atoms with E-state index < -0.39 is 5.97 Å². The van der Waals surface area contributed by atoms with Crippen LogP contribution in [-0.4, -0.2) is 48.2 Å². The molecule has 1 saturated heterocycles. The molecule has 1 aliphatic rings. The second kappa shape index (κ2) is 7.25. The first-order valence-corrected chi connectivity index (χ1v) is 8.00. The van der Waals surface area contributed by atoms with Gasteiger partial charge in [-0.3, -0.25) is 4.79 Å². The maximum Gasteiger partial charge on any atom is 0.335 e. The molecule has 1 amide bonds. The normalized spacial score (nSPS) is 16.5. The van der Waals surface area contributed by atoms with Gasteiger partial charge in [-0.15, -0.1) is 0 Å². The number of hydrogen-bond acceptors (Lipinski definition) is 4. The van der Waals surface area contributed by atoms with E-state index in [0.29, 0.717) is 18.7 Å². The molecule has 3 rings (SSSR count). The second-order valence-electron chi connectivity index (χ2n) is 5.84. The molecular weight excluding hydrogens is 322 g/mol. The topological polar surface area (TPSA) is 76.1 Å². The molecule has 1 atom stereocenters. The molecule has 6 heteroatoms. The number of methoxy groups -OCH3 is 1. The summed E-state index contributed by atoms with van der Waals surface area (Å²) in [5.74, 6) is 0.386. The number of carboxylic acids is 1. The number of carboxylic acid groups (broad SMARTS) is 1. The van der Waals surface area contributed by atoms with Crippen LogP contribution in [0.2, 0.25) is 0 Å². The van der Waals surface area contributed by atoms with Gasteiger partial charge in [0.1, 0.15) is 17.6 Å². The van der Waals surface area contributed by atoms with Gasteiger partial charge in [0.2, 0.25) is 0 Å². The third-order valence-electron chi connectivity index (χ3n) is 4.17. The Labute approximate surface area is 145 Å². The Balaban J connectivity index is 1.59. The van der Waals surface area contributed by atoms with Crippen LogP contribution >= 0.6 is 0 Å². The fourth-order valence-electron chi connectivity index (χ4n) is 2.79. The minimum atomic E-state index is -1.01. The summed E-state index contributed by atoms with van der Waals surface area (Å²) >= 11 is 0. The van der Waals surface area contributed by atoms with Gasteiger partial charge < -0.3 is 19.5 Å². The number of hydrogen-bond donors (Lipinski definition) is 1. The van der Waals surface area contributed by atoms with Crippen LogP contribution in [-0.2, 0) is 0 Å². The molecule has 2 aromatic rings. The molecule has 0 spiro atoms. The van der Waals surface area contributed by atoms with Crippen molar-refractivity contribution >= 4 is 11.9 Å². The third-order valence-corrected chi connectivity index (χ3v) is 4.17. The summed E-state index contributed by atoms with van der Waals surface area (Å²) in [5.41, 5.74) is 0.647. The fourth-order valence-corrected chi connectivity index (χ4v) is 2.79. The minimum absolute atomic E-state index is 0.0596. The van der Waals surface area contributed by atoms with Crippen LogP contribution in [0.25, 0.3) is 0 Å². The number of likely N-dealkylation sites (tertiary alicyclic amines) is 1. The molecule has 25 heavy (non-hydrogen) atoms. The molecular formula is C19H19NO5. The van der Waals surface area contributed by atoms with Crippen molar-refractivity contribution in [2.75, 3.05) is 20.2 Å². The maximum absolute atomic E-state index is 12.5. The van der Waals surface area contributed by atoms with Gasteiger partial charge in [0.25, 0.3) is 5.91 Å². The summed E-state index contributed by atoms with van der Waals surface area (Å²) in [6.07, 6.45) is 0.695. The lowest BCUT2D eigenvalue weighted by molar-refractivity contribution is 0.0694. The van der Waals surface area contributed by atoms with Crippen molar-refractivity contribution in [1.82, 2.24) is 4.90 Å². The van der Waals surface area contributed by atoms with Gasteiger partial charge in [-0.25, -0.2) is 4.79 Å². The van der Waals surface area contributed by atoms with Crippen LogP contribution < -0.4 is 9.47 Å². The Hall–Kier alpha value is -3.02. The lowest BCUT2D eigenvalue weighted by Crippen LogP contribution is -2.30. The van der Waals surface area contributed by atoms with Crippen LogP contribution in [0, 0.1) is 0 Å². The van der Waals surface area contributed by atoms with Gasteiger partial charge >= 0.3 is 5.97 Å². The molecule has 1 fully saturated rings. The van der Waals surface area contributed by atoms with E-state index in [1.165, 1.54) is 12.1 Å². The van der Waals surface area contributed by atoms with Crippen molar-refractivity contribution in [3.05, 3.63) is 59.7 Å². The molecule has 1 unspecified atom stereocenters. The summed E-state index contributed by atoms with van der Waals surface area (Å²) in [4.78, 5) is 25.1. The van der Waals surface area contributed by atoms with Gasteiger partial charge in [-0.05, 0) is 48.5 Å². The molecule has 1 aliphatic heterocycles. The number of benzene rings is 2. The Kier molecular flexibility index (Phi) is 4.88. The molecule has 1 heterocycles. The first-order valence-electron chi connectivity index (χ1n) is 8.00. The smallest absolute Gasteiger partial charge is 0.335 e. The molecule has 6 nitrogen and oxygen atoms in total. The van der Waals surface area contributed by atoms with Crippen molar-refractivity contribution in [1.29, 1.82) is 0 Å². The summed E-state index contributed by atoms with van der Waals surface area (Å²) in [6, 6.07) is 13.3. The largest absolute Gasteiger partial charge is 0.497 e. The summed E-state index contributed by atoms with van der Waals surface area (Å²) in [5, 5.41) is 8.91. The zero-order chi connectivity index (χ0) is 17.8. The summed E-state index contributed by atoms with van der Waals surface area (Å²) in [6.45, 7) is 1.12. The van der Waals surface area contributed by atoms with Gasteiger partial charge in [0, 0.05) is 18.5 Å². The summed E-state index contributed by atoms with van der Waals surface area (Å²) in [7, 11) is 1.61. The highest BCUT2D eigenvalue weighted by Crippen LogP contribution is 2.22. The number of nitrogens with zero attached hydrogens (tertiary/aromatic N) is 1. The van der Waals surface area contributed by atoms with Crippen LogP contribution in [0.5, 0.6) is 11.5 Å². The van der Waals surface area contributed by atoms with Crippen LogP contribution in [0.15, 0.2) is 48.5 Å².